The Kier molecular flexibility index (Phi) is 16.3. The fourth-order valence-electron chi connectivity index (χ4n) is 2.79. The van der Waals surface area contributed by atoms with Crippen molar-refractivity contribution in [1.82, 2.24) is 0 Å². The van der Waals surface area contributed by atoms with Crippen molar-refractivity contribution < 1.29 is 14.3 Å². The maximum Gasteiger partial charge on any atom is 0.305 e. The molecule has 0 N–H and O–H groups in total. The third-order valence-electron chi connectivity index (χ3n) is 4.39. The van der Waals surface area contributed by atoms with Gasteiger partial charge in [0, 0.05) is 6.42 Å². The summed E-state index contributed by atoms with van der Waals surface area (Å²) in [5.41, 5.74) is 0. The molecule has 0 heterocycles. The molecule has 1 aromatic rings. The lowest BCUT2D eigenvalue weighted by atomic mass is 10.1. The second-order valence-electron chi connectivity index (χ2n) is 6.98. The summed E-state index contributed by atoms with van der Waals surface area (Å²) in [6, 6.07) is 9.56. The van der Waals surface area contributed by atoms with Gasteiger partial charge < -0.3 is 9.47 Å². The number of hydrogen-bond donors (Lipinski definition) is 0. The van der Waals surface area contributed by atoms with Crippen LogP contribution in [0.2, 0.25) is 0 Å². The zero-order chi connectivity index (χ0) is 20.8. The Morgan fingerprint density at radius 3 is 2.21 bits per heavy atom. The summed E-state index contributed by atoms with van der Waals surface area (Å²) < 4.78 is 10.7. The number of allylic oxidation sites excluding steroid dienone is 6. The fraction of sp³-hybridized carbons (Fsp3) is 0.500. The zero-order valence-electron chi connectivity index (χ0n) is 18.1. The molecule has 1 rings (SSSR count). The first-order chi connectivity index (χ1) is 14.3. The van der Waals surface area contributed by atoms with E-state index in [-0.39, 0.29) is 5.97 Å². The molecule has 0 aliphatic heterocycles. The lowest BCUT2D eigenvalue weighted by molar-refractivity contribution is -0.144. The fourth-order valence-corrected chi connectivity index (χ4v) is 2.79. The van der Waals surface area contributed by atoms with Gasteiger partial charge in [-0.25, -0.2) is 0 Å². The van der Waals surface area contributed by atoms with Gasteiger partial charge in [-0.15, -0.1) is 0 Å². The molecule has 0 atom stereocenters. The van der Waals surface area contributed by atoms with Crippen LogP contribution in [0.15, 0.2) is 66.8 Å². The molecule has 1 aromatic carbocycles. The monoisotopic (exact) mass is 398 g/mol. The molecule has 0 saturated carbocycles. The number of hydrogen-bond acceptors (Lipinski definition) is 3. The highest BCUT2D eigenvalue weighted by molar-refractivity contribution is 5.69. The van der Waals surface area contributed by atoms with Gasteiger partial charge in [0.25, 0.3) is 0 Å². The molecule has 3 nitrogen and oxygen atoms in total. The van der Waals surface area contributed by atoms with Gasteiger partial charge >= 0.3 is 5.97 Å². The Morgan fingerprint density at radius 1 is 0.793 bits per heavy atom. The molecule has 0 aliphatic rings. The molecule has 0 spiro atoms. The average Bonchev–Trinajstić information content (AvgIpc) is 2.75. The number of esters is 1. The van der Waals surface area contributed by atoms with Gasteiger partial charge in [0.1, 0.15) is 19.0 Å². The van der Waals surface area contributed by atoms with E-state index in [4.69, 9.17) is 9.47 Å². The van der Waals surface area contributed by atoms with Crippen molar-refractivity contribution in [2.45, 2.75) is 71.1 Å². The normalized spacial score (nSPS) is 11.6. The summed E-state index contributed by atoms with van der Waals surface area (Å²) in [4.78, 5) is 11.7. The van der Waals surface area contributed by atoms with Crippen LogP contribution in [0.25, 0.3) is 0 Å². The van der Waals surface area contributed by atoms with E-state index in [0.29, 0.717) is 19.6 Å². The highest BCUT2D eigenvalue weighted by Crippen LogP contribution is 2.09. The smallest absolute Gasteiger partial charge is 0.305 e. The Morgan fingerprint density at radius 2 is 1.45 bits per heavy atom. The Labute approximate surface area is 177 Å². The summed E-state index contributed by atoms with van der Waals surface area (Å²) in [6.07, 6.45) is 23.8. The molecule has 0 aliphatic carbocycles. The summed E-state index contributed by atoms with van der Waals surface area (Å²) in [5.74, 6) is 0.678. The van der Waals surface area contributed by atoms with Gasteiger partial charge in [0.15, 0.2) is 0 Å². The quantitative estimate of drug-likeness (QED) is 0.158. The first-order valence-corrected chi connectivity index (χ1v) is 11.1. The minimum atomic E-state index is -0.122. The van der Waals surface area contributed by atoms with Crippen LogP contribution in [-0.4, -0.2) is 19.2 Å². The number of para-hydroxylation sites is 1. The van der Waals surface area contributed by atoms with Crippen molar-refractivity contribution >= 4 is 5.97 Å². The van der Waals surface area contributed by atoms with Gasteiger partial charge in [0.2, 0.25) is 0 Å². The van der Waals surface area contributed by atoms with Crippen molar-refractivity contribution in [3.05, 3.63) is 66.8 Å². The van der Waals surface area contributed by atoms with E-state index in [1.54, 1.807) is 0 Å². The van der Waals surface area contributed by atoms with Crippen LogP contribution < -0.4 is 4.74 Å². The number of rotatable bonds is 17. The Bertz CT molecular complexity index is 587. The average molecular weight is 399 g/mol. The molecular formula is C26H38O3. The molecule has 160 valence electrons. The van der Waals surface area contributed by atoms with Gasteiger partial charge in [-0.2, -0.15) is 0 Å². The predicted molar refractivity (Wildman–Crippen MR) is 122 cm³/mol. The highest BCUT2D eigenvalue weighted by Gasteiger charge is 2.02. The van der Waals surface area contributed by atoms with Gasteiger partial charge in [-0.3, -0.25) is 4.79 Å². The molecule has 0 bridgehead atoms. The van der Waals surface area contributed by atoms with E-state index in [2.05, 4.69) is 43.4 Å². The molecule has 0 unspecified atom stereocenters. The minimum Gasteiger partial charge on any atom is -0.490 e. The summed E-state index contributed by atoms with van der Waals surface area (Å²) in [6.45, 7) is 2.86. The van der Waals surface area contributed by atoms with Crippen LogP contribution in [0.5, 0.6) is 5.75 Å². The van der Waals surface area contributed by atoms with E-state index in [0.717, 1.165) is 44.3 Å². The number of carbonyl (C=O) groups is 1. The van der Waals surface area contributed by atoms with E-state index >= 15 is 0 Å². The van der Waals surface area contributed by atoms with Gasteiger partial charge in [0.05, 0.1) is 0 Å². The maximum absolute atomic E-state index is 11.7. The van der Waals surface area contributed by atoms with Crippen LogP contribution in [0.3, 0.4) is 0 Å². The van der Waals surface area contributed by atoms with Crippen LogP contribution in [-0.2, 0) is 9.53 Å². The lowest BCUT2D eigenvalue weighted by Crippen LogP contribution is -2.11. The maximum atomic E-state index is 11.7. The molecule has 0 saturated heterocycles. The van der Waals surface area contributed by atoms with Crippen LogP contribution in [0.4, 0.5) is 0 Å². The third-order valence-corrected chi connectivity index (χ3v) is 4.39. The van der Waals surface area contributed by atoms with Crippen molar-refractivity contribution in [2.75, 3.05) is 13.2 Å². The number of benzene rings is 1. The van der Waals surface area contributed by atoms with E-state index < -0.39 is 0 Å². The largest absolute Gasteiger partial charge is 0.490 e. The summed E-state index contributed by atoms with van der Waals surface area (Å²) in [7, 11) is 0. The molecule has 0 fully saturated rings. The number of unbranched alkanes of at least 4 members (excludes halogenated alkanes) is 5. The predicted octanol–water partition coefficient (Wildman–Crippen LogP) is 7.20. The second kappa shape index (κ2) is 19.0. The SMILES string of the molecule is CCC=CCC=CCC=CCCCCCCCC(=O)OCCOc1ccccc1. The van der Waals surface area contributed by atoms with Crippen LogP contribution >= 0.6 is 0 Å². The van der Waals surface area contributed by atoms with Gasteiger partial charge in [-0.1, -0.05) is 80.8 Å². The molecule has 0 radical (unpaired) electrons. The summed E-state index contributed by atoms with van der Waals surface area (Å²) in [5, 5.41) is 0. The van der Waals surface area contributed by atoms with Crippen molar-refractivity contribution in [2.24, 2.45) is 0 Å². The van der Waals surface area contributed by atoms with Crippen LogP contribution in [0, 0.1) is 0 Å². The Balaban J connectivity index is 1.84. The minimum absolute atomic E-state index is 0.122. The van der Waals surface area contributed by atoms with E-state index in [1.165, 1.54) is 19.3 Å². The van der Waals surface area contributed by atoms with Crippen LogP contribution in [0.1, 0.15) is 71.1 Å². The molecule has 3 heteroatoms. The van der Waals surface area contributed by atoms with Crippen molar-refractivity contribution in [3.63, 3.8) is 0 Å². The summed E-state index contributed by atoms with van der Waals surface area (Å²) >= 11 is 0. The third kappa shape index (κ3) is 16.4. The Hall–Kier alpha value is -2.29. The standard InChI is InChI=1S/C26H38O3/c1-2-3-4-5-6-7-8-9-10-11-12-13-14-15-19-22-26(27)29-24-23-28-25-20-17-16-18-21-25/h3-4,6-7,9-10,16-18,20-21H,2,5,8,11-15,19,22-24H2,1H3. The molecule has 0 aromatic heterocycles. The molecular weight excluding hydrogens is 360 g/mol. The first kappa shape index (κ1) is 24.7. The topological polar surface area (TPSA) is 35.5 Å². The molecule has 0 amide bonds. The first-order valence-electron chi connectivity index (χ1n) is 11.1. The van der Waals surface area contributed by atoms with Crippen molar-refractivity contribution in [3.8, 4) is 5.75 Å². The number of carbonyl (C=O) groups excluding carboxylic acids is 1. The van der Waals surface area contributed by atoms with E-state index in [1.807, 2.05) is 30.3 Å². The second-order valence-corrected chi connectivity index (χ2v) is 6.98. The van der Waals surface area contributed by atoms with Gasteiger partial charge in [-0.05, 0) is 50.7 Å². The number of ether oxygens (including phenoxy) is 2. The zero-order valence-corrected chi connectivity index (χ0v) is 18.1. The van der Waals surface area contributed by atoms with Crippen molar-refractivity contribution in [1.29, 1.82) is 0 Å². The highest BCUT2D eigenvalue weighted by atomic mass is 16.6. The lowest BCUT2D eigenvalue weighted by Gasteiger charge is -2.07. The van der Waals surface area contributed by atoms with E-state index in [9.17, 15) is 4.79 Å². The molecule has 29 heavy (non-hydrogen) atoms.